The molecule has 9 nitrogen and oxygen atoms in total. The summed E-state index contributed by atoms with van der Waals surface area (Å²) in [6, 6.07) is 18.5. The molecule has 3 N–H and O–H groups in total. The third-order valence-corrected chi connectivity index (χ3v) is 7.76. The summed E-state index contributed by atoms with van der Waals surface area (Å²) in [4.78, 5) is 36.5. The Morgan fingerprint density at radius 1 is 1.10 bits per heavy atom. The van der Waals surface area contributed by atoms with E-state index in [0.29, 0.717) is 28.8 Å². The van der Waals surface area contributed by atoms with Crippen LogP contribution in [0.2, 0.25) is 0 Å². The van der Waals surface area contributed by atoms with E-state index < -0.39 is 11.9 Å². The van der Waals surface area contributed by atoms with E-state index in [1.54, 1.807) is 34.4 Å². The highest BCUT2D eigenvalue weighted by Gasteiger charge is 2.24. The fourth-order valence-corrected chi connectivity index (χ4v) is 5.72. The molecule has 200 valence electrons. The number of carbonyl (C=O) groups is 1. The molecule has 40 heavy (non-hydrogen) atoms. The minimum atomic E-state index is -0.537. The van der Waals surface area contributed by atoms with Crippen molar-refractivity contribution in [2.75, 3.05) is 5.73 Å². The summed E-state index contributed by atoms with van der Waals surface area (Å²) in [7, 11) is 0. The Kier molecular flexibility index (Phi) is 6.61. The molecule has 10 heteroatoms. The van der Waals surface area contributed by atoms with E-state index >= 15 is 0 Å². The molecule has 0 aliphatic heterocycles. The highest BCUT2D eigenvalue weighted by atomic mass is 32.1. The SMILES string of the molecule is Cc1nc(CCc2cccc3cc(C(C)NC(=O)c4c(N)nn5cccnc45)n(-c4ccccc4)c(=O)c23)cs1. The van der Waals surface area contributed by atoms with Gasteiger partial charge in [-0.25, -0.2) is 14.5 Å². The summed E-state index contributed by atoms with van der Waals surface area (Å²) in [5, 5.41) is 11.8. The number of rotatable bonds is 7. The van der Waals surface area contributed by atoms with Crippen LogP contribution in [-0.2, 0) is 12.8 Å². The van der Waals surface area contributed by atoms with Crippen LogP contribution in [0.1, 0.15) is 45.3 Å². The minimum absolute atomic E-state index is 0.0855. The van der Waals surface area contributed by atoms with Gasteiger partial charge in [0.1, 0.15) is 5.56 Å². The molecule has 0 spiro atoms. The maximum Gasteiger partial charge on any atom is 0.263 e. The van der Waals surface area contributed by atoms with Crippen LogP contribution in [0.25, 0.3) is 22.1 Å². The number of nitrogens with two attached hydrogens (primary N) is 1. The number of para-hydroxylation sites is 1. The molecule has 0 bridgehead atoms. The van der Waals surface area contributed by atoms with Crippen molar-refractivity contribution in [2.24, 2.45) is 0 Å². The Bertz CT molecular complexity index is 1920. The van der Waals surface area contributed by atoms with Crippen LogP contribution in [0.5, 0.6) is 0 Å². The van der Waals surface area contributed by atoms with Crippen LogP contribution in [0, 0.1) is 6.92 Å². The van der Waals surface area contributed by atoms with Gasteiger partial charge in [-0.3, -0.25) is 14.2 Å². The number of hydrogen-bond donors (Lipinski definition) is 2. The maximum absolute atomic E-state index is 14.2. The number of amides is 1. The molecule has 0 fully saturated rings. The number of nitrogens with one attached hydrogen (secondary N) is 1. The number of pyridine rings is 1. The van der Waals surface area contributed by atoms with Crippen LogP contribution in [-0.4, -0.2) is 30.1 Å². The molecule has 0 saturated carbocycles. The minimum Gasteiger partial charge on any atom is -0.381 e. The molecule has 0 aliphatic carbocycles. The lowest BCUT2D eigenvalue weighted by Crippen LogP contribution is -2.32. The van der Waals surface area contributed by atoms with Crippen LogP contribution in [0.15, 0.2) is 83.2 Å². The topological polar surface area (TPSA) is 120 Å². The van der Waals surface area contributed by atoms with Crippen molar-refractivity contribution in [3.05, 3.63) is 116 Å². The van der Waals surface area contributed by atoms with Gasteiger partial charge < -0.3 is 11.1 Å². The van der Waals surface area contributed by atoms with E-state index in [0.717, 1.165) is 28.1 Å². The van der Waals surface area contributed by atoms with Gasteiger partial charge in [-0.05, 0) is 61.9 Å². The Morgan fingerprint density at radius 3 is 2.70 bits per heavy atom. The first-order valence-corrected chi connectivity index (χ1v) is 13.8. The van der Waals surface area contributed by atoms with Crippen molar-refractivity contribution >= 4 is 39.5 Å². The molecule has 6 rings (SSSR count). The molecule has 4 heterocycles. The van der Waals surface area contributed by atoms with Gasteiger partial charge in [0, 0.05) is 29.2 Å². The Labute approximate surface area is 234 Å². The smallest absolute Gasteiger partial charge is 0.263 e. The highest BCUT2D eigenvalue weighted by Crippen LogP contribution is 2.25. The Hall–Kier alpha value is -4.83. The number of anilines is 1. The zero-order valence-electron chi connectivity index (χ0n) is 22.0. The van der Waals surface area contributed by atoms with Crippen molar-refractivity contribution in [3.8, 4) is 5.69 Å². The van der Waals surface area contributed by atoms with Crippen LogP contribution in [0.3, 0.4) is 0 Å². The summed E-state index contributed by atoms with van der Waals surface area (Å²) < 4.78 is 3.15. The standard InChI is InChI=1S/C30H27N7O2S/c1-18(33-29(38)26-27(31)35-36-15-7-14-32-28(26)36)24-16-21-9-6-8-20(12-13-22-17-40-19(2)34-22)25(21)30(39)37(24)23-10-4-3-5-11-23/h3-11,14-18H,12-13H2,1-2H3,(H2,31,35)(H,33,38). The zero-order chi connectivity index (χ0) is 27.8. The Morgan fingerprint density at radius 2 is 1.93 bits per heavy atom. The Balaban J connectivity index is 1.43. The average Bonchev–Trinajstić information content (AvgIpc) is 3.53. The van der Waals surface area contributed by atoms with E-state index in [1.165, 1.54) is 4.52 Å². The molecule has 2 aromatic carbocycles. The number of benzene rings is 2. The number of fused-ring (bicyclic) bond motifs is 2. The quantitative estimate of drug-likeness (QED) is 0.299. The molecule has 1 unspecified atom stereocenters. The monoisotopic (exact) mass is 549 g/mol. The fourth-order valence-electron chi connectivity index (χ4n) is 5.07. The summed E-state index contributed by atoms with van der Waals surface area (Å²) >= 11 is 1.63. The largest absolute Gasteiger partial charge is 0.381 e. The summed E-state index contributed by atoms with van der Waals surface area (Å²) in [6.07, 6.45) is 4.71. The van der Waals surface area contributed by atoms with E-state index in [4.69, 9.17) is 5.73 Å². The summed E-state index contributed by atoms with van der Waals surface area (Å²) in [6.45, 7) is 3.84. The number of nitrogens with zero attached hydrogens (tertiary/aromatic N) is 5. The average molecular weight is 550 g/mol. The lowest BCUT2D eigenvalue weighted by molar-refractivity contribution is 0.0941. The first-order valence-electron chi connectivity index (χ1n) is 12.9. The van der Waals surface area contributed by atoms with Gasteiger partial charge in [-0.15, -0.1) is 16.4 Å². The third-order valence-electron chi connectivity index (χ3n) is 6.93. The van der Waals surface area contributed by atoms with Gasteiger partial charge in [0.15, 0.2) is 11.5 Å². The first-order chi connectivity index (χ1) is 19.4. The van der Waals surface area contributed by atoms with Gasteiger partial charge >= 0.3 is 0 Å². The second-order valence-corrected chi connectivity index (χ2v) is 10.7. The van der Waals surface area contributed by atoms with E-state index in [-0.39, 0.29) is 16.9 Å². The van der Waals surface area contributed by atoms with Crippen LogP contribution < -0.4 is 16.6 Å². The van der Waals surface area contributed by atoms with Crippen molar-refractivity contribution in [3.63, 3.8) is 0 Å². The normalized spacial score (nSPS) is 12.2. The second-order valence-electron chi connectivity index (χ2n) is 9.63. The molecule has 0 radical (unpaired) electrons. The van der Waals surface area contributed by atoms with Crippen molar-refractivity contribution < 1.29 is 4.79 Å². The second kappa shape index (κ2) is 10.4. The molecule has 0 saturated heterocycles. The molecular weight excluding hydrogens is 522 g/mol. The molecule has 1 atom stereocenters. The predicted molar refractivity (Wildman–Crippen MR) is 157 cm³/mol. The lowest BCUT2D eigenvalue weighted by Gasteiger charge is -2.21. The number of carbonyl (C=O) groups excluding carboxylic acids is 1. The van der Waals surface area contributed by atoms with Gasteiger partial charge in [-0.1, -0.05) is 36.4 Å². The van der Waals surface area contributed by atoms with Gasteiger partial charge in [-0.2, -0.15) is 0 Å². The lowest BCUT2D eigenvalue weighted by atomic mass is 9.99. The molecular formula is C30H27N7O2S. The number of aryl methyl sites for hydroxylation is 3. The van der Waals surface area contributed by atoms with Crippen molar-refractivity contribution in [2.45, 2.75) is 32.7 Å². The van der Waals surface area contributed by atoms with Crippen LogP contribution >= 0.6 is 11.3 Å². The van der Waals surface area contributed by atoms with E-state index in [1.807, 2.05) is 68.4 Å². The molecule has 4 aromatic heterocycles. The number of thiazole rings is 1. The fraction of sp³-hybridized carbons (Fsp3) is 0.167. The zero-order valence-corrected chi connectivity index (χ0v) is 22.9. The van der Waals surface area contributed by atoms with E-state index in [9.17, 15) is 9.59 Å². The maximum atomic E-state index is 14.2. The first kappa shape index (κ1) is 25.4. The van der Waals surface area contributed by atoms with Gasteiger partial charge in [0.25, 0.3) is 11.5 Å². The van der Waals surface area contributed by atoms with Crippen molar-refractivity contribution in [1.29, 1.82) is 0 Å². The highest BCUT2D eigenvalue weighted by molar-refractivity contribution is 7.09. The van der Waals surface area contributed by atoms with Crippen molar-refractivity contribution in [1.82, 2.24) is 29.5 Å². The summed E-state index contributed by atoms with van der Waals surface area (Å²) in [5.74, 6) is -0.333. The summed E-state index contributed by atoms with van der Waals surface area (Å²) in [5.41, 5.74) is 9.86. The molecule has 6 aromatic rings. The van der Waals surface area contributed by atoms with Gasteiger partial charge in [0.2, 0.25) is 0 Å². The molecule has 1 amide bonds. The van der Waals surface area contributed by atoms with E-state index in [2.05, 4.69) is 25.8 Å². The third kappa shape index (κ3) is 4.62. The van der Waals surface area contributed by atoms with Crippen LogP contribution in [0.4, 0.5) is 5.82 Å². The number of hydrogen-bond acceptors (Lipinski definition) is 7. The number of aromatic nitrogens is 5. The predicted octanol–water partition coefficient (Wildman–Crippen LogP) is 4.66. The van der Waals surface area contributed by atoms with Gasteiger partial charge in [0.05, 0.1) is 22.1 Å². The molecule has 0 aliphatic rings. The number of nitrogen functional groups attached to an aromatic ring is 1.